The van der Waals surface area contributed by atoms with Crippen LogP contribution in [0.15, 0.2) is 6.20 Å². The Morgan fingerprint density at radius 1 is 1.43 bits per heavy atom. The van der Waals surface area contributed by atoms with E-state index in [1.165, 1.54) is 30.5 Å². The maximum Gasteiger partial charge on any atom is 0.0529 e. The molecule has 2 nitrogen and oxygen atoms in total. The summed E-state index contributed by atoms with van der Waals surface area (Å²) < 4.78 is 2.05. The Hall–Kier alpha value is -0.790. The maximum atomic E-state index is 4.38. The molecule has 0 bridgehead atoms. The molecular weight excluding hydrogens is 172 g/mol. The van der Waals surface area contributed by atoms with E-state index < -0.39 is 0 Å². The average Bonchev–Trinajstić information content (AvgIpc) is 2.76. The minimum atomic E-state index is 0.235. The van der Waals surface area contributed by atoms with Crippen molar-refractivity contribution in [1.82, 2.24) is 9.78 Å². The Morgan fingerprint density at radius 2 is 2.07 bits per heavy atom. The molecule has 1 aromatic heterocycles. The highest BCUT2D eigenvalue weighted by molar-refractivity contribution is 5.26. The Kier molecular flexibility index (Phi) is 2.17. The first-order valence-corrected chi connectivity index (χ1v) is 5.50. The predicted molar refractivity (Wildman–Crippen MR) is 58.3 cm³/mol. The lowest BCUT2D eigenvalue weighted by Crippen LogP contribution is -2.14. The van der Waals surface area contributed by atoms with E-state index in [-0.39, 0.29) is 5.41 Å². The molecule has 0 amide bonds. The van der Waals surface area contributed by atoms with Gasteiger partial charge in [-0.15, -0.1) is 0 Å². The molecule has 1 saturated carbocycles. The quantitative estimate of drug-likeness (QED) is 0.704. The number of aryl methyl sites for hydroxylation is 1. The average molecular weight is 192 g/mol. The van der Waals surface area contributed by atoms with Gasteiger partial charge in [0.2, 0.25) is 0 Å². The van der Waals surface area contributed by atoms with Gasteiger partial charge in [-0.3, -0.25) is 4.68 Å². The molecule has 0 aliphatic heterocycles. The first-order valence-electron chi connectivity index (χ1n) is 5.50. The van der Waals surface area contributed by atoms with Crippen LogP contribution in [0.5, 0.6) is 0 Å². The molecule has 0 atom stereocenters. The van der Waals surface area contributed by atoms with Crippen LogP contribution >= 0.6 is 0 Å². The zero-order chi connectivity index (χ0) is 10.3. The summed E-state index contributed by atoms with van der Waals surface area (Å²) in [5.74, 6) is 0.937. The molecule has 0 unspecified atom stereocenters. The van der Waals surface area contributed by atoms with Crippen LogP contribution in [0, 0.1) is 5.92 Å². The summed E-state index contributed by atoms with van der Waals surface area (Å²) in [5, 5.41) is 4.38. The second-order valence-electron chi connectivity index (χ2n) is 5.53. The number of aromatic nitrogens is 2. The number of nitrogens with zero attached hydrogens (tertiary/aromatic N) is 2. The van der Waals surface area contributed by atoms with Gasteiger partial charge in [0.15, 0.2) is 0 Å². The van der Waals surface area contributed by atoms with Crippen LogP contribution in [-0.4, -0.2) is 9.78 Å². The molecule has 1 aliphatic rings. The van der Waals surface area contributed by atoms with Crippen molar-refractivity contribution >= 4 is 0 Å². The number of hydrogen-bond acceptors (Lipinski definition) is 1. The van der Waals surface area contributed by atoms with Crippen molar-refractivity contribution in [2.75, 3.05) is 0 Å². The summed E-state index contributed by atoms with van der Waals surface area (Å²) >= 11 is 0. The minimum absolute atomic E-state index is 0.235. The molecule has 1 fully saturated rings. The summed E-state index contributed by atoms with van der Waals surface area (Å²) in [6, 6.07) is 0. The maximum absolute atomic E-state index is 4.38. The Labute approximate surface area is 86.3 Å². The highest BCUT2D eigenvalue weighted by Crippen LogP contribution is 2.35. The SMILES string of the molecule is Cn1ncc(C(C)(C)C)c1CC1CC1. The van der Waals surface area contributed by atoms with Crippen molar-refractivity contribution in [1.29, 1.82) is 0 Å². The molecule has 0 aromatic carbocycles. The normalized spacial score (nSPS) is 17.4. The third kappa shape index (κ3) is 1.84. The Balaban J connectivity index is 2.29. The molecule has 2 rings (SSSR count). The van der Waals surface area contributed by atoms with E-state index in [1.807, 2.05) is 6.20 Å². The second-order valence-corrected chi connectivity index (χ2v) is 5.53. The first kappa shape index (κ1) is 9.75. The van der Waals surface area contributed by atoms with Gasteiger partial charge in [-0.05, 0) is 36.2 Å². The van der Waals surface area contributed by atoms with Gasteiger partial charge in [-0.25, -0.2) is 0 Å². The lowest BCUT2D eigenvalue weighted by atomic mass is 9.86. The standard InChI is InChI=1S/C12H20N2/c1-12(2,3)10-8-13-14(4)11(10)7-9-5-6-9/h8-9H,5-7H2,1-4H3. The van der Waals surface area contributed by atoms with Gasteiger partial charge in [0.05, 0.1) is 6.20 Å². The zero-order valence-electron chi connectivity index (χ0n) is 9.67. The summed E-state index contributed by atoms with van der Waals surface area (Å²) in [6.07, 6.45) is 6.09. The van der Waals surface area contributed by atoms with Crippen LogP contribution in [0.25, 0.3) is 0 Å². The van der Waals surface area contributed by atoms with Crippen molar-refractivity contribution in [3.05, 3.63) is 17.5 Å². The zero-order valence-corrected chi connectivity index (χ0v) is 9.67. The smallest absolute Gasteiger partial charge is 0.0529 e. The molecule has 1 heterocycles. The van der Waals surface area contributed by atoms with Gasteiger partial charge in [-0.1, -0.05) is 20.8 Å². The molecule has 1 aliphatic carbocycles. The van der Waals surface area contributed by atoms with E-state index in [9.17, 15) is 0 Å². The largest absolute Gasteiger partial charge is 0.272 e. The van der Waals surface area contributed by atoms with E-state index in [1.54, 1.807) is 0 Å². The van der Waals surface area contributed by atoms with Crippen molar-refractivity contribution in [2.24, 2.45) is 13.0 Å². The molecular formula is C12H20N2. The third-order valence-corrected chi connectivity index (χ3v) is 3.05. The van der Waals surface area contributed by atoms with Crippen LogP contribution < -0.4 is 0 Å². The van der Waals surface area contributed by atoms with Gasteiger partial charge >= 0.3 is 0 Å². The molecule has 0 N–H and O–H groups in total. The summed E-state index contributed by atoms with van der Waals surface area (Å²) in [4.78, 5) is 0. The van der Waals surface area contributed by atoms with Crippen LogP contribution in [0.3, 0.4) is 0 Å². The predicted octanol–water partition coefficient (Wildman–Crippen LogP) is 2.67. The minimum Gasteiger partial charge on any atom is -0.272 e. The van der Waals surface area contributed by atoms with E-state index in [0.29, 0.717) is 0 Å². The first-order chi connectivity index (χ1) is 6.48. The third-order valence-electron chi connectivity index (χ3n) is 3.05. The molecule has 0 radical (unpaired) electrons. The number of rotatable bonds is 2. The topological polar surface area (TPSA) is 17.8 Å². The van der Waals surface area contributed by atoms with Crippen molar-refractivity contribution < 1.29 is 0 Å². The fourth-order valence-electron chi connectivity index (χ4n) is 1.93. The highest BCUT2D eigenvalue weighted by Gasteiger charge is 2.27. The van der Waals surface area contributed by atoms with Gasteiger partial charge in [0.25, 0.3) is 0 Å². The van der Waals surface area contributed by atoms with E-state index >= 15 is 0 Å². The van der Waals surface area contributed by atoms with E-state index in [2.05, 4.69) is 37.6 Å². The molecule has 78 valence electrons. The van der Waals surface area contributed by atoms with E-state index in [0.717, 1.165) is 5.92 Å². The van der Waals surface area contributed by atoms with Crippen molar-refractivity contribution in [3.8, 4) is 0 Å². The lowest BCUT2D eigenvalue weighted by molar-refractivity contribution is 0.571. The van der Waals surface area contributed by atoms with Crippen molar-refractivity contribution in [2.45, 2.75) is 45.4 Å². The lowest BCUT2D eigenvalue weighted by Gasteiger charge is -2.19. The van der Waals surface area contributed by atoms with Crippen LogP contribution in [0.1, 0.15) is 44.9 Å². The molecule has 2 heteroatoms. The molecule has 1 aromatic rings. The van der Waals surface area contributed by atoms with Gasteiger partial charge in [0.1, 0.15) is 0 Å². The molecule has 14 heavy (non-hydrogen) atoms. The summed E-state index contributed by atoms with van der Waals surface area (Å²) in [6.45, 7) is 6.79. The van der Waals surface area contributed by atoms with Gasteiger partial charge in [-0.2, -0.15) is 5.10 Å². The van der Waals surface area contributed by atoms with Crippen LogP contribution in [0.4, 0.5) is 0 Å². The fourth-order valence-corrected chi connectivity index (χ4v) is 1.93. The van der Waals surface area contributed by atoms with Crippen molar-refractivity contribution in [3.63, 3.8) is 0 Å². The van der Waals surface area contributed by atoms with Crippen LogP contribution in [-0.2, 0) is 18.9 Å². The summed E-state index contributed by atoms with van der Waals surface area (Å²) in [5.41, 5.74) is 3.10. The van der Waals surface area contributed by atoms with Gasteiger partial charge in [0, 0.05) is 12.7 Å². The fraction of sp³-hybridized carbons (Fsp3) is 0.750. The highest BCUT2D eigenvalue weighted by atomic mass is 15.3. The Morgan fingerprint density at radius 3 is 2.57 bits per heavy atom. The Bertz CT molecular complexity index is 327. The molecule has 0 spiro atoms. The van der Waals surface area contributed by atoms with E-state index in [4.69, 9.17) is 0 Å². The monoisotopic (exact) mass is 192 g/mol. The molecule has 0 saturated heterocycles. The summed E-state index contributed by atoms with van der Waals surface area (Å²) in [7, 11) is 2.06. The van der Waals surface area contributed by atoms with Crippen LogP contribution in [0.2, 0.25) is 0 Å². The van der Waals surface area contributed by atoms with Gasteiger partial charge < -0.3 is 0 Å². The second kappa shape index (κ2) is 3.11. The number of hydrogen-bond donors (Lipinski definition) is 0.